The van der Waals surface area contributed by atoms with Crippen molar-refractivity contribution in [2.24, 2.45) is 0 Å². The minimum atomic E-state index is -0.398. The van der Waals surface area contributed by atoms with Crippen molar-refractivity contribution in [3.8, 4) is 0 Å². The van der Waals surface area contributed by atoms with Gasteiger partial charge in [-0.05, 0) is 50.5 Å². The molecule has 0 aliphatic carbocycles. The van der Waals surface area contributed by atoms with Crippen LogP contribution >= 0.6 is 23.1 Å². The highest BCUT2D eigenvalue weighted by molar-refractivity contribution is 7.03. The van der Waals surface area contributed by atoms with Crippen LogP contribution < -0.4 is 10.2 Å². The summed E-state index contributed by atoms with van der Waals surface area (Å²) in [6.07, 6.45) is 0. The molecule has 2 aromatic rings. The molecule has 0 fully saturated rings. The van der Waals surface area contributed by atoms with Crippen molar-refractivity contribution in [2.45, 2.75) is 26.3 Å². The first-order chi connectivity index (χ1) is 10.8. The second-order valence-electron chi connectivity index (χ2n) is 5.96. The Bertz CT molecular complexity index is 698. The van der Waals surface area contributed by atoms with Crippen molar-refractivity contribution in [2.75, 3.05) is 11.4 Å². The Hall–Kier alpha value is -1.99. The molecule has 2 rings (SSSR count). The van der Waals surface area contributed by atoms with Crippen molar-refractivity contribution >= 4 is 40.6 Å². The van der Waals surface area contributed by atoms with Gasteiger partial charge >= 0.3 is 0 Å². The quantitative estimate of drug-likeness (QED) is 0.918. The molecule has 0 aliphatic rings. The van der Waals surface area contributed by atoms with Crippen LogP contribution in [-0.2, 0) is 4.79 Å². The van der Waals surface area contributed by atoms with E-state index in [1.807, 2.05) is 20.8 Å². The maximum absolute atomic E-state index is 12.6. The van der Waals surface area contributed by atoms with Crippen molar-refractivity contribution in [1.29, 1.82) is 0 Å². The molecule has 6 nitrogen and oxygen atoms in total. The number of rotatable bonds is 4. The van der Waals surface area contributed by atoms with Gasteiger partial charge in [0.15, 0.2) is 5.69 Å². The fourth-order valence-electron chi connectivity index (χ4n) is 1.92. The highest BCUT2D eigenvalue weighted by Crippen LogP contribution is 2.21. The number of anilines is 1. The van der Waals surface area contributed by atoms with Crippen molar-refractivity contribution in [1.82, 2.24) is 14.9 Å². The van der Waals surface area contributed by atoms with E-state index >= 15 is 0 Å². The van der Waals surface area contributed by atoms with E-state index in [-0.39, 0.29) is 23.7 Å². The van der Waals surface area contributed by atoms with Gasteiger partial charge in [-0.3, -0.25) is 14.5 Å². The first-order valence-corrected chi connectivity index (χ1v) is 8.13. The van der Waals surface area contributed by atoms with Crippen LogP contribution in [0, 0.1) is 0 Å². The standard InChI is InChI=1S/C15H17ClN4O2S/c1-15(2,3)17-13(21)8-20(11-6-4-5-10(16)7-11)14(22)12-9-23-19-18-12/h4-7,9H,8H2,1-3H3,(H,17,21). The molecule has 1 aromatic heterocycles. The molecule has 8 heteroatoms. The number of benzene rings is 1. The molecule has 1 aromatic carbocycles. The Labute approximate surface area is 143 Å². The van der Waals surface area contributed by atoms with Crippen LogP contribution in [-0.4, -0.2) is 33.5 Å². The van der Waals surface area contributed by atoms with Crippen molar-refractivity contribution in [3.63, 3.8) is 0 Å². The summed E-state index contributed by atoms with van der Waals surface area (Å²) in [7, 11) is 0. The zero-order valence-electron chi connectivity index (χ0n) is 13.0. The third-order valence-electron chi connectivity index (χ3n) is 2.76. The van der Waals surface area contributed by atoms with E-state index in [0.29, 0.717) is 10.7 Å². The van der Waals surface area contributed by atoms with E-state index in [2.05, 4.69) is 14.9 Å². The van der Waals surface area contributed by atoms with E-state index in [0.717, 1.165) is 11.5 Å². The smallest absolute Gasteiger partial charge is 0.280 e. The lowest BCUT2D eigenvalue weighted by Gasteiger charge is -2.25. The number of halogens is 1. The average Bonchev–Trinajstić information content (AvgIpc) is 2.96. The van der Waals surface area contributed by atoms with E-state index in [9.17, 15) is 9.59 Å². The number of aromatic nitrogens is 2. The fourth-order valence-corrected chi connectivity index (χ4v) is 2.54. The van der Waals surface area contributed by atoms with Crippen LogP contribution in [0.2, 0.25) is 5.02 Å². The van der Waals surface area contributed by atoms with E-state index < -0.39 is 5.91 Å². The lowest BCUT2D eigenvalue weighted by atomic mass is 10.1. The molecule has 2 amide bonds. The zero-order valence-corrected chi connectivity index (χ0v) is 14.6. The predicted molar refractivity (Wildman–Crippen MR) is 90.9 cm³/mol. The first kappa shape index (κ1) is 17.4. The van der Waals surface area contributed by atoms with Gasteiger partial charge in [-0.1, -0.05) is 22.2 Å². The number of nitrogens with zero attached hydrogens (tertiary/aromatic N) is 3. The van der Waals surface area contributed by atoms with E-state index in [1.54, 1.807) is 29.6 Å². The zero-order chi connectivity index (χ0) is 17.0. The molecule has 23 heavy (non-hydrogen) atoms. The Morgan fingerprint density at radius 3 is 2.65 bits per heavy atom. The second kappa shape index (κ2) is 7.06. The summed E-state index contributed by atoms with van der Waals surface area (Å²) in [6.45, 7) is 5.50. The number of carbonyl (C=O) groups is 2. The van der Waals surface area contributed by atoms with Crippen LogP contribution in [0.4, 0.5) is 5.69 Å². The molecule has 122 valence electrons. The summed E-state index contributed by atoms with van der Waals surface area (Å²) in [6, 6.07) is 6.77. The minimum absolute atomic E-state index is 0.131. The first-order valence-electron chi connectivity index (χ1n) is 6.92. The van der Waals surface area contributed by atoms with Crippen LogP contribution in [0.3, 0.4) is 0 Å². The summed E-state index contributed by atoms with van der Waals surface area (Å²) in [5, 5.41) is 8.64. The van der Waals surface area contributed by atoms with Gasteiger partial charge < -0.3 is 5.32 Å². The van der Waals surface area contributed by atoms with Crippen molar-refractivity contribution in [3.05, 3.63) is 40.4 Å². The van der Waals surface area contributed by atoms with E-state index in [1.165, 1.54) is 4.90 Å². The van der Waals surface area contributed by atoms with Gasteiger partial charge in [-0.2, -0.15) is 0 Å². The van der Waals surface area contributed by atoms with Gasteiger partial charge in [-0.25, -0.2) is 0 Å². The van der Waals surface area contributed by atoms with Gasteiger partial charge in [0.25, 0.3) is 5.91 Å². The summed E-state index contributed by atoms with van der Waals surface area (Å²) < 4.78 is 3.69. The molecule has 0 unspecified atom stereocenters. The van der Waals surface area contributed by atoms with Crippen LogP contribution in [0.15, 0.2) is 29.6 Å². The molecule has 0 saturated carbocycles. The molecule has 0 spiro atoms. The van der Waals surface area contributed by atoms with Gasteiger partial charge in [-0.15, -0.1) is 5.10 Å². The fraction of sp³-hybridized carbons (Fsp3) is 0.333. The highest BCUT2D eigenvalue weighted by atomic mass is 35.5. The van der Waals surface area contributed by atoms with Gasteiger partial charge in [0.2, 0.25) is 5.91 Å². The number of nitrogens with one attached hydrogen (secondary N) is 1. The Kier molecular flexibility index (Phi) is 5.33. The number of carbonyl (C=O) groups excluding carboxylic acids is 2. The molecule has 0 aliphatic heterocycles. The summed E-state index contributed by atoms with van der Waals surface area (Å²) in [4.78, 5) is 26.2. The number of hydrogen-bond acceptors (Lipinski definition) is 5. The molecular formula is C15H17ClN4O2S. The lowest BCUT2D eigenvalue weighted by Crippen LogP contribution is -2.47. The molecular weight excluding hydrogens is 336 g/mol. The molecule has 0 saturated heterocycles. The lowest BCUT2D eigenvalue weighted by molar-refractivity contribution is -0.121. The van der Waals surface area contributed by atoms with E-state index in [4.69, 9.17) is 11.6 Å². The Balaban J connectivity index is 2.28. The topological polar surface area (TPSA) is 75.2 Å². The third-order valence-corrected chi connectivity index (χ3v) is 3.50. The number of hydrogen-bond donors (Lipinski definition) is 1. The predicted octanol–water partition coefficient (Wildman–Crippen LogP) is 2.75. The SMILES string of the molecule is CC(C)(C)NC(=O)CN(C(=O)c1csnn1)c1cccc(Cl)c1. The highest BCUT2D eigenvalue weighted by Gasteiger charge is 2.24. The summed E-state index contributed by atoms with van der Waals surface area (Å²) in [5.74, 6) is -0.668. The monoisotopic (exact) mass is 352 g/mol. The summed E-state index contributed by atoms with van der Waals surface area (Å²) in [5.41, 5.74) is 0.334. The van der Waals surface area contributed by atoms with Crippen LogP contribution in [0.25, 0.3) is 0 Å². The van der Waals surface area contributed by atoms with Crippen LogP contribution in [0.5, 0.6) is 0 Å². The normalized spacial score (nSPS) is 11.1. The number of amides is 2. The van der Waals surface area contributed by atoms with Crippen molar-refractivity contribution < 1.29 is 9.59 Å². The largest absolute Gasteiger partial charge is 0.350 e. The van der Waals surface area contributed by atoms with Gasteiger partial charge in [0.05, 0.1) is 0 Å². The molecule has 1 N–H and O–H groups in total. The molecule has 0 bridgehead atoms. The van der Waals surface area contributed by atoms with Gasteiger partial charge in [0.1, 0.15) is 6.54 Å². The maximum Gasteiger partial charge on any atom is 0.280 e. The van der Waals surface area contributed by atoms with Gasteiger partial charge in [0, 0.05) is 21.6 Å². The molecule has 0 radical (unpaired) electrons. The summed E-state index contributed by atoms with van der Waals surface area (Å²) >= 11 is 7.07. The Morgan fingerprint density at radius 2 is 2.09 bits per heavy atom. The third kappa shape index (κ3) is 5.01. The molecule has 0 atom stereocenters. The minimum Gasteiger partial charge on any atom is -0.350 e. The average molecular weight is 353 g/mol. The molecule has 1 heterocycles. The second-order valence-corrected chi connectivity index (χ2v) is 7.01. The Morgan fingerprint density at radius 1 is 1.35 bits per heavy atom. The maximum atomic E-state index is 12.6. The van der Waals surface area contributed by atoms with Crippen LogP contribution in [0.1, 0.15) is 31.3 Å².